The van der Waals surface area contributed by atoms with E-state index in [1.54, 1.807) is 0 Å². The van der Waals surface area contributed by atoms with Crippen LogP contribution in [0.3, 0.4) is 0 Å². The van der Waals surface area contributed by atoms with Gasteiger partial charge < -0.3 is 10.6 Å². The molecule has 0 aliphatic carbocycles. The fraction of sp³-hybridized carbons (Fsp3) is 0.929. The van der Waals surface area contributed by atoms with Crippen LogP contribution >= 0.6 is 0 Å². The van der Waals surface area contributed by atoms with Gasteiger partial charge >= 0.3 is 0 Å². The lowest BCUT2D eigenvalue weighted by Gasteiger charge is -2.36. The summed E-state index contributed by atoms with van der Waals surface area (Å²) in [4.78, 5) is 14.3. The minimum absolute atomic E-state index is 0.00621. The molecule has 0 aromatic heterocycles. The van der Waals surface area contributed by atoms with Crippen LogP contribution in [0.25, 0.3) is 0 Å². The molecule has 0 saturated carbocycles. The van der Waals surface area contributed by atoms with Crippen molar-refractivity contribution in [3.63, 3.8) is 0 Å². The highest BCUT2D eigenvalue weighted by Gasteiger charge is 2.27. The molecule has 0 spiro atoms. The lowest BCUT2D eigenvalue weighted by atomic mass is 9.96. The fourth-order valence-corrected chi connectivity index (χ4v) is 2.52. The van der Waals surface area contributed by atoms with Gasteiger partial charge in [0.05, 0.1) is 0 Å². The highest BCUT2D eigenvalue weighted by Crippen LogP contribution is 2.22. The minimum atomic E-state index is 0.00621. The number of hydrogen-bond donors (Lipinski definition) is 1. The quantitative estimate of drug-likeness (QED) is 0.802. The smallest absolute Gasteiger partial charge is 0.224 e. The summed E-state index contributed by atoms with van der Waals surface area (Å²) in [5, 5.41) is 0. The second-order valence-corrected chi connectivity index (χ2v) is 5.64. The van der Waals surface area contributed by atoms with Crippen molar-refractivity contribution in [2.75, 3.05) is 6.54 Å². The number of hydrogen-bond acceptors (Lipinski definition) is 2. The Morgan fingerprint density at radius 1 is 1.41 bits per heavy atom. The molecule has 3 nitrogen and oxygen atoms in total. The first-order valence-corrected chi connectivity index (χ1v) is 7.11. The third-order valence-corrected chi connectivity index (χ3v) is 3.84. The average molecular weight is 240 g/mol. The van der Waals surface area contributed by atoms with Gasteiger partial charge in [-0.25, -0.2) is 0 Å². The van der Waals surface area contributed by atoms with Crippen LogP contribution in [0.15, 0.2) is 0 Å². The zero-order valence-corrected chi connectivity index (χ0v) is 11.6. The van der Waals surface area contributed by atoms with E-state index in [0.717, 1.165) is 25.8 Å². The van der Waals surface area contributed by atoms with E-state index in [0.29, 0.717) is 18.4 Å². The summed E-state index contributed by atoms with van der Waals surface area (Å²) in [7, 11) is 0. The number of amides is 1. The highest BCUT2D eigenvalue weighted by molar-refractivity contribution is 5.77. The summed E-state index contributed by atoms with van der Waals surface area (Å²) < 4.78 is 0. The molecule has 2 unspecified atom stereocenters. The Bertz CT molecular complexity index is 238. The van der Waals surface area contributed by atoms with Crippen molar-refractivity contribution in [3.05, 3.63) is 0 Å². The number of nitrogens with two attached hydrogens (primary N) is 1. The van der Waals surface area contributed by atoms with E-state index in [9.17, 15) is 4.79 Å². The maximum absolute atomic E-state index is 12.2. The molecule has 0 aromatic carbocycles. The monoisotopic (exact) mass is 240 g/mol. The van der Waals surface area contributed by atoms with Crippen LogP contribution in [0.5, 0.6) is 0 Å². The summed E-state index contributed by atoms with van der Waals surface area (Å²) in [6.45, 7) is 7.29. The van der Waals surface area contributed by atoms with E-state index < -0.39 is 0 Å². The van der Waals surface area contributed by atoms with E-state index in [1.165, 1.54) is 12.8 Å². The zero-order chi connectivity index (χ0) is 12.8. The van der Waals surface area contributed by atoms with Crippen molar-refractivity contribution < 1.29 is 4.79 Å². The van der Waals surface area contributed by atoms with Crippen LogP contribution in [0.4, 0.5) is 0 Å². The number of carbonyl (C=O) groups is 1. The van der Waals surface area contributed by atoms with Gasteiger partial charge in [-0.3, -0.25) is 4.79 Å². The maximum Gasteiger partial charge on any atom is 0.224 e. The molecule has 0 radical (unpaired) electrons. The van der Waals surface area contributed by atoms with Gasteiger partial charge in [-0.2, -0.15) is 0 Å². The lowest BCUT2D eigenvalue weighted by Crippen LogP contribution is -2.46. The Morgan fingerprint density at radius 3 is 2.71 bits per heavy atom. The zero-order valence-electron chi connectivity index (χ0n) is 11.6. The first kappa shape index (κ1) is 14.5. The third-order valence-electron chi connectivity index (χ3n) is 3.84. The molecule has 1 rings (SSSR count). The molecule has 100 valence electrons. The van der Waals surface area contributed by atoms with Crippen LogP contribution in [0.2, 0.25) is 0 Å². The first-order valence-electron chi connectivity index (χ1n) is 7.11. The molecule has 3 heteroatoms. The molecule has 1 aliphatic heterocycles. The molecule has 1 heterocycles. The fourth-order valence-electron chi connectivity index (χ4n) is 2.52. The Labute approximate surface area is 106 Å². The summed E-state index contributed by atoms with van der Waals surface area (Å²) in [5.74, 6) is 0.651. The number of piperidine rings is 1. The SMILES string of the molecule is CCCC1CCCCN1C(=O)CC(N)C(C)C. The van der Waals surface area contributed by atoms with Crippen molar-refractivity contribution >= 4 is 5.91 Å². The molecule has 0 bridgehead atoms. The van der Waals surface area contributed by atoms with Gasteiger partial charge in [0.1, 0.15) is 0 Å². The van der Waals surface area contributed by atoms with Gasteiger partial charge in [0.2, 0.25) is 5.91 Å². The summed E-state index contributed by atoms with van der Waals surface area (Å²) in [5.41, 5.74) is 6.00. The molecule has 2 atom stereocenters. The van der Waals surface area contributed by atoms with Crippen LogP contribution < -0.4 is 5.73 Å². The van der Waals surface area contributed by atoms with E-state index in [2.05, 4.69) is 25.7 Å². The molecule has 1 fully saturated rings. The van der Waals surface area contributed by atoms with Gasteiger partial charge in [-0.1, -0.05) is 27.2 Å². The predicted octanol–water partition coefficient (Wildman–Crippen LogP) is 2.54. The Morgan fingerprint density at radius 2 is 2.12 bits per heavy atom. The van der Waals surface area contributed by atoms with E-state index in [1.807, 2.05) is 0 Å². The summed E-state index contributed by atoms with van der Waals surface area (Å²) in [6, 6.07) is 0.479. The highest BCUT2D eigenvalue weighted by atomic mass is 16.2. The van der Waals surface area contributed by atoms with Crippen molar-refractivity contribution in [2.45, 2.75) is 71.4 Å². The summed E-state index contributed by atoms with van der Waals surface area (Å²) >= 11 is 0. The molecule has 2 N–H and O–H groups in total. The number of rotatable bonds is 5. The number of nitrogens with zero attached hydrogens (tertiary/aromatic N) is 1. The summed E-state index contributed by atoms with van der Waals surface area (Å²) in [6.07, 6.45) is 6.41. The largest absolute Gasteiger partial charge is 0.340 e. The van der Waals surface area contributed by atoms with Crippen molar-refractivity contribution in [1.29, 1.82) is 0 Å². The first-order chi connectivity index (χ1) is 8.06. The third kappa shape index (κ3) is 4.30. The van der Waals surface area contributed by atoms with Crippen molar-refractivity contribution in [2.24, 2.45) is 11.7 Å². The topological polar surface area (TPSA) is 46.3 Å². The Hall–Kier alpha value is -0.570. The van der Waals surface area contributed by atoms with Gasteiger partial charge in [0.25, 0.3) is 0 Å². The van der Waals surface area contributed by atoms with Gasteiger partial charge in [0.15, 0.2) is 0 Å². The van der Waals surface area contributed by atoms with Gasteiger partial charge in [0, 0.05) is 25.0 Å². The van der Waals surface area contributed by atoms with Crippen molar-refractivity contribution in [3.8, 4) is 0 Å². The van der Waals surface area contributed by atoms with Gasteiger partial charge in [-0.15, -0.1) is 0 Å². The average Bonchev–Trinajstić information content (AvgIpc) is 2.29. The van der Waals surface area contributed by atoms with Crippen LogP contribution in [0.1, 0.15) is 59.3 Å². The van der Waals surface area contributed by atoms with Gasteiger partial charge in [-0.05, 0) is 31.6 Å². The molecule has 1 aliphatic rings. The molecule has 1 amide bonds. The Balaban J connectivity index is 2.52. The van der Waals surface area contributed by atoms with E-state index in [-0.39, 0.29) is 11.9 Å². The maximum atomic E-state index is 12.2. The second kappa shape index (κ2) is 7.00. The van der Waals surface area contributed by atoms with Crippen LogP contribution in [0, 0.1) is 5.92 Å². The second-order valence-electron chi connectivity index (χ2n) is 5.64. The molecule has 0 aromatic rings. The minimum Gasteiger partial charge on any atom is -0.340 e. The molecule has 1 saturated heterocycles. The van der Waals surface area contributed by atoms with Crippen LogP contribution in [-0.4, -0.2) is 29.4 Å². The van der Waals surface area contributed by atoms with E-state index >= 15 is 0 Å². The normalized spacial score (nSPS) is 22.9. The Kier molecular flexibility index (Phi) is 5.96. The van der Waals surface area contributed by atoms with E-state index in [4.69, 9.17) is 5.73 Å². The van der Waals surface area contributed by atoms with Crippen LogP contribution in [-0.2, 0) is 4.79 Å². The molecular formula is C14H28N2O. The predicted molar refractivity (Wildman–Crippen MR) is 71.7 cm³/mol. The standard InChI is InChI=1S/C14H28N2O/c1-4-7-12-8-5-6-9-16(12)14(17)10-13(15)11(2)3/h11-13H,4-10,15H2,1-3H3. The molecule has 17 heavy (non-hydrogen) atoms. The van der Waals surface area contributed by atoms with Crippen molar-refractivity contribution in [1.82, 2.24) is 4.90 Å². The molecular weight excluding hydrogens is 212 g/mol. The lowest BCUT2D eigenvalue weighted by molar-refractivity contribution is -0.135. The number of carbonyl (C=O) groups excluding carboxylic acids is 1. The number of likely N-dealkylation sites (tertiary alicyclic amines) is 1.